The van der Waals surface area contributed by atoms with Crippen molar-refractivity contribution in [2.45, 2.75) is 82.8 Å². The van der Waals surface area contributed by atoms with Crippen LogP contribution in [-0.2, 0) is 49.0 Å². The highest BCUT2D eigenvalue weighted by Gasteiger charge is 2.67. The molecule has 2 fully saturated rings. The summed E-state index contributed by atoms with van der Waals surface area (Å²) >= 11 is 0. The summed E-state index contributed by atoms with van der Waals surface area (Å²) in [5, 5.41) is 29.3. The number of hydrogen-bond acceptors (Lipinski definition) is 10. The number of carbonyl (C=O) groups excluding carboxylic acids is 3. The van der Waals surface area contributed by atoms with Crippen molar-refractivity contribution in [2.75, 3.05) is 16.4 Å². The third kappa shape index (κ3) is 5.77. The summed E-state index contributed by atoms with van der Waals surface area (Å²) in [6, 6.07) is 11.1. The normalized spacial score (nSPS) is 25.0. The summed E-state index contributed by atoms with van der Waals surface area (Å²) in [7, 11) is -3.48. The number of rotatable bonds is 11. The molecule has 14 nitrogen and oxygen atoms in total. The minimum atomic E-state index is -3.48. The fourth-order valence-electron chi connectivity index (χ4n) is 7.44. The van der Waals surface area contributed by atoms with E-state index < -0.39 is 54.6 Å². The molecule has 1 spiro atoms. The van der Waals surface area contributed by atoms with E-state index in [0.717, 1.165) is 0 Å². The van der Waals surface area contributed by atoms with Gasteiger partial charge in [0.15, 0.2) is 11.8 Å². The summed E-state index contributed by atoms with van der Waals surface area (Å²) < 4.78 is 29.7. The summed E-state index contributed by atoms with van der Waals surface area (Å²) in [5.41, 5.74) is 0.143. The van der Waals surface area contributed by atoms with Crippen LogP contribution in [0.4, 0.5) is 21.2 Å². The van der Waals surface area contributed by atoms with Crippen LogP contribution in [0.3, 0.4) is 0 Å². The number of aliphatic hydroxyl groups excluding tert-OH is 1. The number of non-ortho nitro benzene ring substituents is 1. The molecule has 2 amide bonds. The number of aliphatic hydroxyl groups is 1. The van der Waals surface area contributed by atoms with E-state index >= 15 is 4.11 Å². The number of amides is 2. The zero-order valence-corrected chi connectivity index (χ0v) is 28.0. The predicted molar refractivity (Wildman–Crippen MR) is 172 cm³/mol. The number of nitro benzene ring substituents is 1. The van der Waals surface area contributed by atoms with Crippen LogP contribution in [-0.4, -0.2) is 70.2 Å². The van der Waals surface area contributed by atoms with E-state index in [4.69, 9.17) is 9.47 Å². The van der Waals surface area contributed by atoms with E-state index in [1.807, 2.05) is 0 Å². The number of carbonyl (C=O) groups is 3. The van der Waals surface area contributed by atoms with Gasteiger partial charge in [-0.15, -0.1) is 5.10 Å². The first-order valence-electron chi connectivity index (χ1n) is 15.8. The zero-order valence-electron chi connectivity index (χ0n) is 27.0. The van der Waals surface area contributed by atoms with Gasteiger partial charge in [0.1, 0.15) is 0 Å². The molecule has 16 heteroatoms. The molecule has 254 valence electrons. The lowest BCUT2D eigenvalue weighted by Crippen LogP contribution is -2.54. The van der Waals surface area contributed by atoms with Gasteiger partial charge >= 0.3 is 5.97 Å². The standard InChI is InChI=1S/C32H37FN6O8Si/c1-19-30(48(3,4)33)27(11-13-36-18-22(12-14-40)34-35-36)47-32(19)25-15-24(39(44)45)9-10-26(25)37(31(32)43)17-21-5-7-23(8-6-21)38-28(42)16-29(38)46-20(2)41/h5-10,15,18-19,27,29-30,40H,11-14,16-17H2,1-4H3/t19-,27+,29?,30-,32+/m0/s1. The molecule has 4 heterocycles. The maximum Gasteiger partial charge on any atom is 0.304 e. The number of anilines is 2. The first kappa shape index (κ1) is 33.4. The molecule has 1 N–H and O–H groups in total. The topological polar surface area (TPSA) is 170 Å². The monoisotopic (exact) mass is 680 g/mol. The average molecular weight is 681 g/mol. The van der Waals surface area contributed by atoms with Crippen LogP contribution in [0.5, 0.6) is 0 Å². The van der Waals surface area contributed by atoms with Gasteiger partial charge in [-0.1, -0.05) is 24.3 Å². The van der Waals surface area contributed by atoms with E-state index in [2.05, 4.69) is 10.3 Å². The van der Waals surface area contributed by atoms with Crippen LogP contribution < -0.4 is 9.80 Å². The quantitative estimate of drug-likeness (QED) is 0.0786. The molecule has 6 rings (SSSR count). The summed E-state index contributed by atoms with van der Waals surface area (Å²) in [6.07, 6.45) is 1.10. The molecule has 3 aliphatic rings. The lowest BCUT2D eigenvalue weighted by Gasteiger charge is -2.39. The highest BCUT2D eigenvalue weighted by molar-refractivity contribution is 6.72. The molecule has 1 aromatic heterocycles. The van der Waals surface area contributed by atoms with Crippen LogP contribution in [0, 0.1) is 16.0 Å². The molecule has 1 unspecified atom stereocenters. The van der Waals surface area contributed by atoms with Crippen LogP contribution >= 0.6 is 0 Å². The first-order valence-corrected chi connectivity index (χ1v) is 18.8. The fourth-order valence-corrected chi connectivity index (χ4v) is 9.98. The number of nitrogens with zero attached hydrogens (tertiary/aromatic N) is 6. The maximum atomic E-state index is 16.2. The van der Waals surface area contributed by atoms with Crippen LogP contribution in [0.2, 0.25) is 18.6 Å². The van der Waals surface area contributed by atoms with Gasteiger partial charge in [-0.3, -0.25) is 34.1 Å². The van der Waals surface area contributed by atoms with Crippen molar-refractivity contribution in [1.29, 1.82) is 0 Å². The summed E-state index contributed by atoms with van der Waals surface area (Å²) in [5.74, 6) is -1.76. The van der Waals surface area contributed by atoms with Gasteiger partial charge in [0.25, 0.3) is 11.6 Å². The third-order valence-corrected chi connectivity index (χ3v) is 12.0. The Kier molecular flexibility index (Phi) is 8.68. The van der Waals surface area contributed by atoms with Gasteiger partial charge in [-0.25, -0.2) is 0 Å². The fraction of sp³-hybridized carbons (Fsp3) is 0.469. The Balaban J connectivity index is 1.31. The van der Waals surface area contributed by atoms with Crippen molar-refractivity contribution in [3.8, 4) is 0 Å². The van der Waals surface area contributed by atoms with Crippen molar-refractivity contribution in [2.24, 2.45) is 5.92 Å². The Hall–Kier alpha value is -4.54. The van der Waals surface area contributed by atoms with Crippen molar-refractivity contribution in [3.05, 3.63) is 75.6 Å². The van der Waals surface area contributed by atoms with Gasteiger partial charge < -0.3 is 23.6 Å². The number of β-lactam (4-membered cyclic amide) rings is 1. The average Bonchev–Trinajstić information content (AvgIpc) is 3.66. The molecule has 2 saturated heterocycles. The molecule has 0 bridgehead atoms. The summed E-state index contributed by atoms with van der Waals surface area (Å²) in [6.45, 7) is 6.57. The highest BCUT2D eigenvalue weighted by atomic mass is 28.4. The van der Waals surface area contributed by atoms with E-state index in [1.54, 1.807) is 55.2 Å². The van der Waals surface area contributed by atoms with E-state index in [9.17, 15) is 29.6 Å². The molecule has 2 aromatic carbocycles. The number of esters is 1. The van der Waals surface area contributed by atoms with Crippen LogP contribution in [0.1, 0.15) is 43.5 Å². The predicted octanol–water partition coefficient (Wildman–Crippen LogP) is 3.76. The van der Waals surface area contributed by atoms with Gasteiger partial charge in [-0.2, -0.15) is 0 Å². The number of aryl methyl sites for hydroxylation is 1. The van der Waals surface area contributed by atoms with Crippen molar-refractivity contribution in [1.82, 2.24) is 15.0 Å². The smallest absolute Gasteiger partial charge is 0.304 e. The van der Waals surface area contributed by atoms with Crippen molar-refractivity contribution in [3.63, 3.8) is 0 Å². The van der Waals surface area contributed by atoms with Gasteiger partial charge in [0.2, 0.25) is 14.3 Å². The number of fused-ring (bicyclic) bond motifs is 2. The minimum Gasteiger partial charge on any atom is -0.441 e. The van der Waals surface area contributed by atoms with Crippen molar-refractivity contribution < 1.29 is 38.0 Å². The second-order valence-corrected chi connectivity index (χ2v) is 16.8. The number of benzene rings is 2. The molecule has 0 aliphatic carbocycles. The number of nitro groups is 1. The largest absolute Gasteiger partial charge is 0.441 e. The Morgan fingerprint density at radius 3 is 2.58 bits per heavy atom. The van der Waals surface area contributed by atoms with E-state index in [1.165, 1.54) is 34.9 Å². The summed E-state index contributed by atoms with van der Waals surface area (Å²) in [4.78, 5) is 52.6. The number of halogens is 1. The Bertz CT molecular complexity index is 1760. The molecule has 48 heavy (non-hydrogen) atoms. The number of ether oxygens (including phenoxy) is 2. The maximum absolute atomic E-state index is 16.2. The Morgan fingerprint density at radius 2 is 1.96 bits per heavy atom. The molecule has 0 radical (unpaired) electrons. The van der Waals surface area contributed by atoms with E-state index in [0.29, 0.717) is 47.6 Å². The lowest BCUT2D eigenvalue weighted by atomic mass is 9.82. The first-order chi connectivity index (χ1) is 22.7. The van der Waals surface area contributed by atoms with Gasteiger partial charge in [0, 0.05) is 67.5 Å². The Labute approximate surface area is 276 Å². The van der Waals surface area contributed by atoms with E-state index in [-0.39, 0.29) is 31.2 Å². The van der Waals surface area contributed by atoms with Crippen LogP contribution in [0.25, 0.3) is 0 Å². The van der Waals surface area contributed by atoms with Crippen LogP contribution in [0.15, 0.2) is 48.7 Å². The third-order valence-electron chi connectivity index (χ3n) is 9.51. The van der Waals surface area contributed by atoms with Crippen molar-refractivity contribution >= 4 is 43.3 Å². The van der Waals surface area contributed by atoms with Gasteiger partial charge in [0.05, 0.1) is 35.4 Å². The lowest BCUT2D eigenvalue weighted by molar-refractivity contribution is -0.385. The molecular formula is C32H37FN6O8Si. The minimum absolute atomic E-state index is 0.0723. The second-order valence-electron chi connectivity index (χ2n) is 13.1. The Morgan fingerprint density at radius 1 is 1.23 bits per heavy atom. The SMILES string of the molecule is CC(=O)OC1CC(=O)N1c1ccc(CN2C(=O)[C@]3(O[C@H](CCn4cc(CCO)nn4)[C@@H]([Si](C)(C)F)[C@@H]3C)c3cc([N+](=O)[O-])ccc32)cc1. The molecule has 0 saturated carbocycles. The number of aromatic nitrogens is 3. The highest BCUT2D eigenvalue weighted by Crippen LogP contribution is 2.60. The number of hydrogen-bond donors (Lipinski definition) is 1. The molecular weight excluding hydrogens is 643 g/mol. The van der Waals surface area contributed by atoms with Gasteiger partial charge in [-0.05, 0) is 43.3 Å². The molecule has 3 aliphatic heterocycles. The molecule has 5 atom stereocenters. The zero-order chi connectivity index (χ0) is 34.5. The second kappa shape index (κ2) is 12.5. The molecule has 3 aromatic rings.